The molecule has 6 nitrogen and oxygen atoms in total. The number of aromatic nitrogens is 6. The fraction of sp³-hybridized carbons (Fsp3) is 0. The Kier molecular flexibility index (Phi) is 8.79. The molecule has 0 atom stereocenters. The molecule has 69 heavy (non-hydrogen) atoms. The van der Waals surface area contributed by atoms with E-state index < -0.39 is 0 Å². The molecule has 0 fully saturated rings. The molecule has 0 aliphatic rings. The van der Waals surface area contributed by atoms with Crippen molar-refractivity contribution in [2.45, 2.75) is 0 Å². The summed E-state index contributed by atoms with van der Waals surface area (Å²) in [6, 6.07) is 86.6. The van der Waals surface area contributed by atoms with Crippen LogP contribution in [0.5, 0.6) is 0 Å². The van der Waals surface area contributed by atoms with Gasteiger partial charge in [-0.3, -0.25) is 0 Å². The van der Waals surface area contributed by atoms with Gasteiger partial charge in [0.2, 0.25) is 0 Å². The van der Waals surface area contributed by atoms with Gasteiger partial charge in [0.05, 0.1) is 44.5 Å². The van der Waals surface area contributed by atoms with Gasteiger partial charge in [-0.2, -0.15) is 0 Å². The van der Waals surface area contributed by atoms with E-state index in [0.717, 1.165) is 66.9 Å². The van der Waals surface area contributed by atoms with Crippen LogP contribution in [0.4, 0.5) is 0 Å². The predicted octanol–water partition coefficient (Wildman–Crippen LogP) is 15.8. The second-order valence-corrected chi connectivity index (χ2v) is 17.6. The summed E-state index contributed by atoms with van der Waals surface area (Å²) in [7, 11) is 0. The van der Waals surface area contributed by atoms with E-state index in [1.807, 2.05) is 60.7 Å². The van der Waals surface area contributed by atoms with E-state index in [1.54, 1.807) is 0 Å². The van der Waals surface area contributed by atoms with Crippen LogP contribution in [0.3, 0.4) is 0 Å². The quantitative estimate of drug-likeness (QED) is 0.160. The van der Waals surface area contributed by atoms with Crippen molar-refractivity contribution >= 4 is 65.4 Å². The summed E-state index contributed by atoms with van der Waals surface area (Å²) >= 11 is 0. The number of rotatable bonds is 7. The molecule has 14 rings (SSSR count). The molecule has 0 bridgehead atoms. The molecular formula is C63H40N6. The van der Waals surface area contributed by atoms with Crippen molar-refractivity contribution in [1.29, 1.82) is 0 Å². The van der Waals surface area contributed by atoms with Gasteiger partial charge in [-0.05, 0) is 71.8 Å². The highest BCUT2D eigenvalue weighted by Gasteiger charge is 2.22. The van der Waals surface area contributed by atoms with Gasteiger partial charge < -0.3 is 13.7 Å². The van der Waals surface area contributed by atoms with Gasteiger partial charge in [0.25, 0.3) is 0 Å². The minimum atomic E-state index is 0.619. The molecule has 0 N–H and O–H groups in total. The number of fused-ring (bicyclic) bond motifs is 9. The minimum absolute atomic E-state index is 0.619. The average molecular weight is 881 g/mol. The third-order valence-corrected chi connectivity index (χ3v) is 13.7. The third kappa shape index (κ3) is 6.23. The van der Waals surface area contributed by atoms with Gasteiger partial charge in [-0.1, -0.05) is 182 Å². The van der Waals surface area contributed by atoms with Gasteiger partial charge in [0.1, 0.15) is 0 Å². The molecule has 0 unspecified atom stereocenters. The molecule has 0 aliphatic carbocycles. The maximum Gasteiger partial charge on any atom is 0.164 e. The van der Waals surface area contributed by atoms with Crippen LogP contribution in [-0.2, 0) is 0 Å². The Bertz CT molecular complexity index is 4150. The van der Waals surface area contributed by atoms with E-state index in [9.17, 15) is 0 Å². The van der Waals surface area contributed by atoms with Crippen molar-refractivity contribution in [2.75, 3.05) is 0 Å². The summed E-state index contributed by atoms with van der Waals surface area (Å²) in [5, 5.41) is 7.30. The van der Waals surface area contributed by atoms with Gasteiger partial charge in [-0.15, -0.1) is 0 Å². The fourth-order valence-electron chi connectivity index (χ4n) is 10.6. The lowest BCUT2D eigenvalue weighted by Gasteiger charge is -2.19. The molecular weight excluding hydrogens is 841 g/mol. The van der Waals surface area contributed by atoms with Crippen LogP contribution in [0.1, 0.15) is 0 Å². The molecule has 4 aromatic heterocycles. The summed E-state index contributed by atoms with van der Waals surface area (Å²) < 4.78 is 7.34. The lowest BCUT2D eigenvalue weighted by molar-refractivity contribution is 1.07. The van der Waals surface area contributed by atoms with E-state index in [4.69, 9.17) is 15.0 Å². The normalized spacial score (nSPS) is 11.8. The van der Waals surface area contributed by atoms with Crippen LogP contribution >= 0.6 is 0 Å². The van der Waals surface area contributed by atoms with Crippen LogP contribution < -0.4 is 0 Å². The number of benzene rings is 10. The zero-order valence-corrected chi connectivity index (χ0v) is 37.3. The van der Waals surface area contributed by atoms with E-state index in [-0.39, 0.29) is 0 Å². The molecule has 0 saturated carbocycles. The Morgan fingerprint density at radius 1 is 0.217 bits per heavy atom. The summed E-state index contributed by atoms with van der Waals surface area (Å²) in [6.45, 7) is 0. The van der Waals surface area contributed by atoms with Gasteiger partial charge >= 0.3 is 0 Å². The zero-order valence-electron chi connectivity index (χ0n) is 37.3. The molecule has 6 heteroatoms. The molecule has 10 aromatic carbocycles. The number of para-hydroxylation sites is 5. The maximum absolute atomic E-state index is 5.09. The van der Waals surface area contributed by atoms with Crippen molar-refractivity contribution in [1.82, 2.24) is 28.7 Å². The topological polar surface area (TPSA) is 53.5 Å². The van der Waals surface area contributed by atoms with Gasteiger partial charge in [-0.25, -0.2) is 15.0 Å². The first-order valence-electron chi connectivity index (χ1n) is 23.4. The molecule has 0 amide bonds. The number of hydrogen-bond acceptors (Lipinski definition) is 3. The Labute approximate surface area is 397 Å². The Morgan fingerprint density at radius 3 is 1.10 bits per heavy atom. The van der Waals surface area contributed by atoms with Crippen LogP contribution in [0.2, 0.25) is 0 Å². The lowest BCUT2D eigenvalue weighted by Crippen LogP contribution is -2.04. The van der Waals surface area contributed by atoms with Crippen molar-refractivity contribution in [3.63, 3.8) is 0 Å². The second kappa shape index (κ2) is 15.6. The van der Waals surface area contributed by atoms with Crippen LogP contribution in [0, 0.1) is 0 Å². The lowest BCUT2D eigenvalue weighted by atomic mass is 10.0. The fourth-order valence-corrected chi connectivity index (χ4v) is 10.6. The van der Waals surface area contributed by atoms with Gasteiger partial charge in [0, 0.05) is 54.7 Å². The highest BCUT2D eigenvalue weighted by Crippen LogP contribution is 2.42. The summed E-state index contributed by atoms with van der Waals surface area (Å²) in [5.74, 6) is 1.89. The SMILES string of the molecule is c1ccc(-c2nc(-c3ccccc3)nc(-c3cccc(-c4ccc(-n5c6ccccc6c6ccc(-n7c8ccccc8c8ccccc87)cc65)c(-n5c6ccccc6c6ccccc65)c4)c3)n2)cc1. The Balaban J connectivity index is 1.01. The third-order valence-electron chi connectivity index (χ3n) is 13.7. The largest absolute Gasteiger partial charge is 0.309 e. The minimum Gasteiger partial charge on any atom is -0.309 e. The maximum atomic E-state index is 5.09. The monoisotopic (exact) mass is 880 g/mol. The highest BCUT2D eigenvalue weighted by atomic mass is 15.1. The van der Waals surface area contributed by atoms with E-state index in [1.165, 1.54) is 43.4 Å². The Hall–Kier alpha value is -9.39. The molecule has 14 aromatic rings. The Morgan fingerprint density at radius 2 is 0.594 bits per heavy atom. The second-order valence-electron chi connectivity index (χ2n) is 17.6. The summed E-state index contributed by atoms with van der Waals surface area (Å²) in [4.78, 5) is 15.2. The molecule has 322 valence electrons. The van der Waals surface area contributed by atoms with Crippen LogP contribution in [0.15, 0.2) is 243 Å². The number of hydrogen-bond donors (Lipinski definition) is 0. The molecule has 0 spiro atoms. The molecule has 4 heterocycles. The van der Waals surface area contributed by atoms with E-state index in [0.29, 0.717) is 17.5 Å². The van der Waals surface area contributed by atoms with E-state index in [2.05, 4.69) is 196 Å². The van der Waals surface area contributed by atoms with Gasteiger partial charge in [0.15, 0.2) is 17.5 Å². The smallest absolute Gasteiger partial charge is 0.164 e. The summed E-state index contributed by atoms with van der Waals surface area (Å²) in [5.41, 5.74) is 15.1. The van der Waals surface area contributed by atoms with Crippen molar-refractivity contribution < 1.29 is 0 Å². The first-order chi connectivity index (χ1) is 34.2. The van der Waals surface area contributed by atoms with Crippen molar-refractivity contribution in [3.8, 4) is 62.4 Å². The van der Waals surface area contributed by atoms with Crippen molar-refractivity contribution in [3.05, 3.63) is 243 Å². The summed E-state index contributed by atoms with van der Waals surface area (Å²) in [6.07, 6.45) is 0. The zero-order chi connectivity index (χ0) is 45.4. The first kappa shape index (κ1) is 38.8. The van der Waals surface area contributed by atoms with E-state index >= 15 is 0 Å². The molecule has 0 radical (unpaired) electrons. The van der Waals surface area contributed by atoms with Crippen molar-refractivity contribution in [2.24, 2.45) is 0 Å². The average Bonchev–Trinajstić information content (AvgIpc) is 4.06. The predicted molar refractivity (Wildman–Crippen MR) is 285 cm³/mol. The standard InChI is InChI=1S/C63H40N6/c1-3-18-41(19-4-1)61-64-62(42-20-5-2-6-21-42)66-63(65-61)45-23-17-22-43(38-45)44-34-37-58(60(39-44)68-55-31-14-9-26-49(55)50-27-10-15-32-56(50)68)69-57-33-16-11-28-51(57)52-36-35-46(40-59(52)69)67-53-29-12-7-24-47(53)48-25-8-13-30-54(48)67/h1-40H. The molecule has 0 saturated heterocycles. The highest BCUT2D eigenvalue weighted by molar-refractivity contribution is 6.13. The van der Waals surface area contributed by atoms with Crippen LogP contribution in [-0.4, -0.2) is 28.7 Å². The van der Waals surface area contributed by atoms with Crippen LogP contribution in [0.25, 0.3) is 128 Å². The molecule has 0 aliphatic heterocycles. The number of nitrogens with zero attached hydrogens (tertiary/aromatic N) is 6. The first-order valence-corrected chi connectivity index (χ1v) is 23.4.